The molecule has 1 aromatic carbocycles. The first-order valence-electron chi connectivity index (χ1n) is 6.44. The van der Waals surface area contributed by atoms with Crippen LogP contribution in [0.1, 0.15) is 37.0 Å². The smallest absolute Gasteiger partial charge is 0.222 e. The van der Waals surface area contributed by atoms with E-state index in [9.17, 15) is 19.1 Å². The highest BCUT2D eigenvalue weighted by atomic mass is 19.1. The molecule has 0 aromatic heterocycles. The van der Waals surface area contributed by atoms with Crippen molar-refractivity contribution < 1.29 is 19.1 Å². The number of nitrogens with zero attached hydrogens (tertiary/aromatic N) is 1. The van der Waals surface area contributed by atoms with E-state index < -0.39 is 11.4 Å². The molecule has 0 radical (unpaired) electrons. The zero-order valence-electron chi connectivity index (χ0n) is 12.0. The van der Waals surface area contributed by atoms with Gasteiger partial charge in [0.05, 0.1) is 5.60 Å². The SMILES string of the molecule is CN(CC(C)(C)O)C(=O)CCC(=O)c1ccc(F)cc1. The van der Waals surface area contributed by atoms with Crippen LogP contribution in [0.3, 0.4) is 0 Å². The Morgan fingerprint density at radius 1 is 1.20 bits per heavy atom. The summed E-state index contributed by atoms with van der Waals surface area (Å²) in [5.74, 6) is -0.805. The van der Waals surface area contributed by atoms with E-state index in [1.165, 1.54) is 29.2 Å². The molecular weight excluding hydrogens is 261 g/mol. The summed E-state index contributed by atoms with van der Waals surface area (Å²) in [7, 11) is 1.59. The third-order valence-electron chi connectivity index (χ3n) is 2.78. The number of hydrogen-bond donors (Lipinski definition) is 1. The summed E-state index contributed by atoms with van der Waals surface area (Å²) >= 11 is 0. The molecule has 5 heteroatoms. The standard InChI is InChI=1S/C15H20FNO3/c1-15(2,20)10-17(3)14(19)9-8-13(18)11-4-6-12(16)7-5-11/h4-7,20H,8-10H2,1-3H3. The van der Waals surface area contributed by atoms with Gasteiger partial charge in [-0.25, -0.2) is 4.39 Å². The normalized spacial score (nSPS) is 11.2. The number of amides is 1. The third kappa shape index (κ3) is 5.48. The summed E-state index contributed by atoms with van der Waals surface area (Å²) in [4.78, 5) is 25.0. The average molecular weight is 281 g/mol. The van der Waals surface area contributed by atoms with Gasteiger partial charge in [-0.05, 0) is 38.1 Å². The van der Waals surface area contributed by atoms with Gasteiger partial charge in [0.1, 0.15) is 5.82 Å². The maximum Gasteiger partial charge on any atom is 0.222 e. The highest BCUT2D eigenvalue weighted by molar-refractivity contribution is 5.97. The minimum atomic E-state index is -0.967. The van der Waals surface area contributed by atoms with Crippen LogP contribution in [0.25, 0.3) is 0 Å². The van der Waals surface area contributed by atoms with Gasteiger partial charge in [-0.1, -0.05) is 0 Å². The van der Waals surface area contributed by atoms with Crippen molar-refractivity contribution >= 4 is 11.7 Å². The van der Waals surface area contributed by atoms with Crippen LogP contribution in [0.4, 0.5) is 4.39 Å². The van der Waals surface area contributed by atoms with Crippen molar-refractivity contribution in [1.82, 2.24) is 4.90 Å². The van der Waals surface area contributed by atoms with Crippen molar-refractivity contribution in [1.29, 1.82) is 0 Å². The number of likely N-dealkylation sites (N-methyl/N-ethyl adjacent to an activating group) is 1. The Kier molecular flexibility index (Phi) is 5.39. The van der Waals surface area contributed by atoms with E-state index in [2.05, 4.69) is 0 Å². The van der Waals surface area contributed by atoms with Gasteiger partial charge in [-0.2, -0.15) is 0 Å². The summed E-state index contributed by atoms with van der Waals surface area (Å²) in [6, 6.07) is 5.25. The van der Waals surface area contributed by atoms with Crippen LogP contribution in [0.2, 0.25) is 0 Å². The quantitative estimate of drug-likeness (QED) is 0.812. The van der Waals surface area contributed by atoms with Crippen molar-refractivity contribution in [2.24, 2.45) is 0 Å². The fraction of sp³-hybridized carbons (Fsp3) is 0.467. The summed E-state index contributed by atoms with van der Waals surface area (Å²) in [6.07, 6.45) is 0.142. The molecule has 110 valence electrons. The Balaban J connectivity index is 2.48. The summed E-state index contributed by atoms with van der Waals surface area (Å²) in [5.41, 5.74) is -0.574. The van der Waals surface area contributed by atoms with E-state index >= 15 is 0 Å². The lowest BCUT2D eigenvalue weighted by molar-refractivity contribution is -0.132. The highest BCUT2D eigenvalue weighted by Crippen LogP contribution is 2.10. The second kappa shape index (κ2) is 6.61. The summed E-state index contributed by atoms with van der Waals surface area (Å²) < 4.78 is 12.7. The zero-order chi connectivity index (χ0) is 15.3. The fourth-order valence-corrected chi connectivity index (χ4v) is 1.86. The van der Waals surface area contributed by atoms with E-state index in [0.717, 1.165) is 0 Å². The first kappa shape index (κ1) is 16.3. The maximum absolute atomic E-state index is 12.7. The number of benzene rings is 1. The molecular formula is C15H20FNO3. The number of hydrogen-bond acceptors (Lipinski definition) is 3. The van der Waals surface area contributed by atoms with E-state index in [1.807, 2.05) is 0 Å². The molecule has 0 spiro atoms. The number of halogens is 1. The number of Topliss-reactive ketones (excluding diaryl/α,β-unsaturated/α-hetero) is 1. The van der Waals surface area contributed by atoms with Crippen molar-refractivity contribution in [3.63, 3.8) is 0 Å². The molecule has 1 aromatic rings. The molecule has 0 saturated heterocycles. The zero-order valence-corrected chi connectivity index (χ0v) is 12.0. The second-order valence-corrected chi connectivity index (χ2v) is 5.49. The van der Waals surface area contributed by atoms with Gasteiger partial charge < -0.3 is 10.0 Å². The molecule has 0 atom stereocenters. The van der Waals surface area contributed by atoms with Crippen LogP contribution in [-0.2, 0) is 4.79 Å². The van der Waals surface area contributed by atoms with Crippen molar-refractivity contribution in [2.75, 3.05) is 13.6 Å². The monoisotopic (exact) mass is 281 g/mol. The molecule has 0 fully saturated rings. The van der Waals surface area contributed by atoms with Crippen molar-refractivity contribution in [2.45, 2.75) is 32.3 Å². The molecule has 0 bridgehead atoms. The number of carbonyl (C=O) groups excluding carboxylic acids is 2. The summed E-state index contributed by atoms with van der Waals surface area (Å²) in [6.45, 7) is 3.43. The van der Waals surface area contributed by atoms with Gasteiger partial charge in [-0.3, -0.25) is 9.59 Å². The number of carbonyl (C=O) groups is 2. The molecule has 1 amide bonds. The predicted molar refractivity (Wildman–Crippen MR) is 73.9 cm³/mol. The van der Waals surface area contributed by atoms with Crippen LogP contribution in [-0.4, -0.2) is 40.9 Å². The molecule has 0 heterocycles. The summed E-state index contributed by atoms with van der Waals surface area (Å²) in [5, 5.41) is 9.62. The second-order valence-electron chi connectivity index (χ2n) is 5.49. The Hall–Kier alpha value is -1.75. The lowest BCUT2D eigenvalue weighted by atomic mass is 10.1. The van der Waals surface area contributed by atoms with Crippen molar-refractivity contribution in [3.05, 3.63) is 35.6 Å². The van der Waals surface area contributed by atoms with Gasteiger partial charge in [0.25, 0.3) is 0 Å². The van der Waals surface area contributed by atoms with Crippen LogP contribution in [0, 0.1) is 5.82 Å². The van der Waals surface area contributed by atoms with Crippen LogP contribution >= 0.6 is 0 Å². The molecule has 1 N–H and O–H groups in total. The van der Waals surface area contributed by atoms with Gasteiger partial charge in [-0.15, -0.1) is 0 Å². The molecule has 0 saturated carbocycles. The number of ketones is 1. The van der Waals surface area contributed by atoms with E-state index in [0.29, 0.717) is 5.56 Å². The molecule has 0 aliphatic carbocycles. The van der Waals surface area contributed by atoms with E-state index in [-0.39, 0.29) is 31.1 Å². The number of rotatable bonds is 6. The Bertz CT molecular complexity index is 477. The molecule has 1 rings (SSSR count). The topological polar surface area (TPSA) is 57.6 Å². The third-order valence-corrected chi connectivity index (χ3v) is 2.78. The molecule has 20 heavy (non-hydrogen) atoms. The van der Waals surface area contributed by atoms with Gasteiger partial charge in [0.15, 0.2) is 5.78 Å². The molecule has 0 aliphatic heterocycles. The maximum atomic E-state index is 12.7. The van der Waals surface area contributed by atoms with Crippen LogP contribution in [0.15, 0.2) is 24.3 Å². The van der Waals surface area contributed by atoms with E-state index in [1.54, 1.807) is 20.9 Å². The minimum absolute atomic E-state index is 0.0701. The Morgan fingerprint density at radius 2 is 1.75 bits per heavy atom. The number of aliphatic hydroxyl groups is 1. The lowest BCUT2D eigenvalue weighted by Crippen LogP contribution is -2.39. The van der Waals surface area contributed by atoms with Crippen LogP contribution in [0.5, 0.6) is 0 Å². The molecule has 0 aliphatic rings. The largest absolute Gasteiger partial charge is 0.389 e. The van der Waals surface area contributed by atoms with Crippen LogP contribution < -0.4 is 0 Å². The highest BCUT2D eigenvalue weighted by Gasteiger charge is 2.19. The predicted octanol–water partition coefficient (Wildman–Crippen LogP) is 2.02. The first-order valence-corrected chi connectivity index (χ1v) is 6.44. The Morgan fingerprint density at radius 3 is 2.25 bits per heavy atom. The lowest BCUT2D eigenvalue weighted by Gasteiger charge is -2.25. The van der Waals surface area contributed by atoms with E-state index in [4.69, 9.17) is 0 Å². The van der Waals surface area contributed by atoms with Gasteiger partial charge >= 0.3 is 0 Å². The molecule has 4 nitrogen and oxygen atoms in total. The molecule has 0 unspecified atom stereocenters. The first-order chi connectivity index (χ1) is 9.19. The fourth-order valence-electron chi connectivity index (χ4n) is 1.86. The Labute approximate surface area is 118 Å². The minimum Gasteiger partial charge on any atom is -0.389 e. The van der Waals surface area contributed by atoms with Crippen molar-refractivity contribution in [3.8, 4) is 0 Å². The average Bonchev–Trinajstić information content (AvgIpc) is 2.34. The van der Waals surface area contributed by atoms with Gasteiger partial charge in [0.2, 0.25) is 5.91 Å². The van der Waals surface area contributed by atoms with Gasteiger partial charge in [0, 0.05) is 32.0 Å².